The Kier molecular flexibility index (Phi) is 6.48. The van der Waals surface area contributed by atoms with Gasteiger partial charge in [0, 0.05) is 7.05 Å². The predicted octanol–water partition coefficient (Wildman–Crippen LogP) is 3.30. The molecule has 0 amide bonds. The van der Waals surface area contributed by atoms with Crippen molar-refractivity contribution >= 4 is 5.96 Å². The maximum Gasteiger partial charge on any atom is 0.191 e. The number of ether oxygens (including phenoxy) is 1. The molecule has 2 aromatic rings. The number of hydrogen-bond donors (Lipinski definition) is 2. The van der Waals surface area contributed by atoms with Gasteiger partial charge < -0.3 is 15.4 Å². The fourth-order valence-electron chi connectivity index (χ4n) is 2.27. The van der Waals surface area contributed by atoms with E-state index in [1.807, 2.05) is 49.4 Å². The monoisotopic (exact) mass is 311 g/mol. The van der Waals surface area contributed by atoms with E-state index in [9.17, 15) is 0 Å². The molecule has 4 heteroatoms. The number of guanidine groups is 1. The van der Waals surface area contributed by atoms with Gasteiger partial charge in [-0.05, 0) is 31.0 Å². The Bertz CT molecular complexity index is 626. The Hall–Kier alpha value is -2.49. The topological polar surface area (TPSA) is 45.7 Å². The summed E-state index contributed by atoms with van der Waals surface area (Å²) in [6.45, 7) is 5.44. The minimum atomic E-state index is 0.194. The molecule has 0 spiro atoms. The van der Waals surface area contributed by atoms with Crippen molar-refractivity contribution in [3.63, 3.8) is 0 Å². The van der Waals surface area contributed by atoms with Crippen LogP contribution in [0, 0.1) is 6.92 Å². The summed E-state index contributed by atoms with van der Waals surface area (Å²) in [4.78, 5) is 4.25. The quantitative estimate of drug-likeness (QED) is 0.489. The van der Waals surface area contributed by atoms with E-state index in [0.717, 1.165) is 17.3 Å². The van der Waals surface area contributed by atoms with E-state index in [4.69, 9.17) is 4.74 Å². The van der Waals surface area contributed by atoms with Crippen LogP contribution in [0.25, 0.3) is 0 Å². The molecule has 0 aliphatic heterocycles. The number of hydrogen-bond acceptors (Lipinski definition) is 2. The van der Waals surface area contributed by atoms with Gasteiger partial charge in [-0.2, -0.15) is 0 Å². The van der Waals surface area contributed by atoms with Gasteiger partial charge in [0.15, 0.2) is 5.96 Å². The molecular weight excluding hydrogens is 286 g/mol. The second-order valence-corrected chi connectivity index (χ2v) is 5.39. The first-order valence-electron chi connectivity index (χ1n) is 7.91. The first-order valence-corrected chi connectivity index (χ1v) is 7.91. The highest BCUT2D eigenvalue weighted by Gasteiger charge is 2.06. The highest BCUT2D eigenvalue weighted by molar-refractivity contribution is 5.80. The first kappa shape index (κ1) is 16.9. The largest absolute Gasteiger partial charge is 0.491 e. The van der Waals surface area contributed by atoms with Crippen LogP contribution in [0.1, 0.15) is 24.1 Å². The summed E-state index contributed by atoms with van der Waals surface area (Å²) in [5.41, 5.74) is 2.37. The van der Waals surface area contributed by atoms with Crippen molar-refractivity contribution in [3.05, 3.63) is 65.7 Å². The fraction of sp³-hybridized carbons (Fsp3) is 0.316. The molecule has 4 nitrogen and oxygen atoms in total. The lowest BCUT2D eigenvalue weighted by molar-refractivity contribution is 0.319. The highest BCUT2D eigenvalue weighted by Crippen LogP contribution is 2.15. The van der Waals surface area contributed by atoms with Crippen LogP contribution in [0.15, 0.2) is 59.6 Å². The molecule has 0 radical (unpaired) electrons. The summed E-state index contributed by atoms with van der Waals surface area (Å²) >= 11 is 0. The average molecular weight is 311 g/mol. The second-order valence-electron chi connectivity index (χ2n) is 5.39. The van der Waals surface area contributed by atoms with Crippen molar-refractivity contribution in [1.82, 2.24) is 10.6 Å². The molecule has 0 aliphatic rings. The van der Waals surface area contributed by atoms with Gasteiger partial charge in [0.25, 0.3) is 0 Å². The van der Waals surface area contributed by atoms with Crippen molar-refractivity contribution < 1.29 is 4.74 Å². The maximum absolute atomic E-state index is 5.78. The lowest BCUT2D eigenvalue weighted by atomic mass is 10.1. The van der Waals surface area contributed by atoms with E-state index in [1.54, 1.807) is 7.05 Å². The molecule has 1 unspecified atom stereocenters. The molecule has 1 atom stereocenters. The van der Waals surface area contributed by atoms with E-state index < -0.39 is 0 Å². The normalized spacial score (nSPS) is 12.6. The zero-order valence-corrected chi connectivity index (χ0v) is 14.0. The zero-order chi connectivity index (χ0) is 16.5. The molecule has 0 fully saturated rings. The van der Waals surface area contributed by atoms with E-state index in [0.29, 0.717) is 13.2 Å². The first-order chi connectivity index (χ1) is 11.2. The van der Waals surface area contributed by atoms with Crippen LogP contribution < -0.4 is 15.4 Å². The minimum Gasteiger partial charge on any atom is -0.491 e. The molecule has 0 aliphatic carbocycles. The summed E-state index contributed by atoms with van der Waals surface area (Å²) in [5, 5.41) is 6.65. The Balaban J connectivity index is 1.76. The number of benzene rings is 2. The van der Waals surface area contributed by atoms with E-state index in [1.165, 1.54) is 5.56 Å². The van der Waals surface area contributed by atoms with Crippen LogP contribution in [-0.4, -0.2) is 26.2 Å². The van der Waals surface area contributed by atoms with Crippen LogP contribution in [0.2, 0.25) is 0 Å². The Morgan fingerprint density at radius 1 is 1.09 bits per heavy atom. The Labute approximate surface area is 138 Å². The van der Waals surface area contributed by atoms with Crippen LogP contribution in [0.4, 0.5) is 0 Å². The molecule has 2 rings (SSSR count). The molecule has 0 heterocycles. The summed E-state index contributed by atoms with van der Waals surface area (Å²) in [6.07, 6.45) is 0. The van der Waals surface area contributed by atoms with E-state index >= 15 is 0 Å². The third kappa shape index (κ3) is 5.33. The van der Waals surface area contributed by atoms with Crippen molar-refractivity contribution in [3.8, 4) is 5.75 Å². The Morgan fingerprint density at radius 2 is 1.78 bits per heavy atom. The third-order valence-corrected chi connectivity index (χ3v) is 3.62. The zero-order valence-electron chi connectivity index (χ0n) is 14.0. The number of rotatable bonds is 6. The van der Waals surface area contributed by atoms with Crippen molar-refractivity contribution in [1.29, 1.82) is 0 Å². The van der Waals surface area contributed by atoms with Crippen LogP contribution in [-0.2, 0) is 0 Å². The van der Waals surface area contributed by atoms with Gasteiger partial charge in [-0.15, -0.1) is 0 Å². The molecule has 0 saturated heterocycles. The average Bonchev–Trinajstić information content (AvgIpc) is 2.59. The number of aliphatic imine (C=N–C) groups is 1. The molecular formula is C19H25N3O. The van der Waals surface area contributed by atoms with Crippen LogP contribution >= 0.6 is 0 Å². The standard InChI is InChI=1S/C19H25N3O/c1-15-9-7-8-12-18(15)23-14-13-21-19(20-3)22-16(2)17-10-5-4-6-11-17/h4-12,16H,13-14H2,1-3H3,(H2,20,21,22). The van der Waals surface area contributed by atoms with Crippen molar-refractivity contribution in [2.75, 3.05) is 20.2 Å². The molecule has 122 valence electrons. The number of aryl methyl sites for hydroxylation is 1. The molecule has 0 aromatic heterocycles. The summed E-state index contributed by atoms with van der Waals surface area (Å²) in [6, 6.07) is 18.5. The molecule has 23 heavy (non-hydrogen) atoms. The number of nitrogens with zero attached hydrogens (tertiary/aromatic N) is 1. The van der Waals surface area contributed by atoms with Gasteiger partial charge in [0.2, 0.25) is 0 Å². The Morgan fingerprint density at radius 3 is 2.48 bits per heavy atom. The van der Waals surface area contributed by atoms with Gasteiger partial charge in [-0.1, -0.05) is 48.5 Å². The minimum absolute atomic E-state index is 0.194. The molecule has 2 aromatic carbocycles. The van der Waals surface area contributed by atoms with Crippen LogP contribution in [0.3, 0.4) is 0 Å². The smallest absolute Gasteiger partial charge is 0.191 e. The second kappa shape index (κ2) is 8.83. The predicted molar refractivity (Wildman–Crippen MR) is 96.0 cm³/mol. The number of para-hydroxylation sites is 1. The van der Waals surface area contributed by atoms with E-state index in [-0.39, 0.29) is 6.04 Å². The van der Waals surface area contributed by atoms with E-state index in [2.05, 4.69) is 34.7 Å². The van der Waals surface area contributed by atoms with Gasteiger partial charge in [-0.3, -0.25) is 4.99 Å². The van der Waals surface area contributed by atoms with Gasteiger partial charge in [-0.25, -0.2) is 0 Å². The molecule has 2 N–H and O–H groups in total. The molecule has 0 saturated carbocycles. The summed E-state index contributed by atoms with van der Waals surface area (Å²) < 4.78 is 5.78. The maximum atomic E-state index is 5.78. The van der Waals surface area contributed by atoms with Crippen molar-refractivity contribution in [2.24, 2.45) is 4.99 Å². The lowest BCUT2D eigenvalue weighted by Gasteiger charge is -2.18. The number of nitrogens with one attached hydrogen (secondary N) is 2. The fourth-order valence-corrected chi connectivity index (χ4v) is 2.27. The highest BCUT2D eigenvalue weighted by atomic mass is 16.5. The van der Waals surface area contributed by atoms with Crippen LogP contribution in [0.5, 0.6) is 5.75 Å². The van der Waals surface area contributed by atoms with Gasteiger partial charge in [0.05, 0.1) is 12.6 Å². The summed E-state index contributed by atoms with van der Waals surface area (Å²) in [7, 11) is 1.77. The van der Waals surface area contributed by atoms with Crippen molar-refractivity contribution in [2.45, 2.75) is 19.9 Å². The SMILES string of the molecule is CN=C(NCCOc1ccccc1C)NC(C)c1ccccc1. The van der Waals surface area contributed by atoms with Gasteiger partial charge >= 0.3 is 0 Å². The summed E-state index contributed by atoms with van der Waals surface area (Å²) in [5.74, 6) is 1.70. The molecule has 0 bridgehead atoms. The third-order valence-electron chi connectivity index (χ3n) is 3.62. The lowest BCUT2D eigenvalue weighted by Crippen LogP contribution is -2.40. The van der Waals surface area contributed by atoms with Gasteiger partial charge in [0.1, 0.15) is 12.4 Å².